The normalized spacial score (nSPS) is 16.1. The molecule has 2 aromatic rings. The minimum Gasteiger partial charge on any atom is -0.345 e. The molecule has 90 valence electrons. The smallest absolute Gasteiger partial charge is 0.160 e. The van der Waals surface area contributed by atoms with Gasteiger partial charge >= 0.3 is 0 Å². The van der Waals surface area contributed by atoms with Crippen LogP contribution in [0.1, 0.15) is 24.5 Å². The summed E-state index contributed by atoms with van der Waals surface area (Å²) in [7, 11) is 0. The Kier molecular flexibility index (Phi) is 2.48. The monoisotopic (exact) mass is 231 g/mol. The van der Waals surface area contributed by atoms with Crippen LogP contribution in [-0.4, -0.2) is 32.6 Å². The molecule has 1 fully saturated rings. The Morgan fingerprint density at radius 1 is 1.47 bits per heavy atom. The number of imidazole rings is 2. The van der Waals surface area contributed by atoms with E-state index >= 15 is 0 Å². The zero-order valence-corrected chi connectivity index (χ0v) is 10.2. The number of aromatic amines is 1. The molecule has 2 N–H and O–H groups in total. The number of H-pyrrole nitrogens is 1. The minimum absolute atomic E-state index is 0.522. The molecule has 0 radical (unpaired) electrons. The topological polar surface area (TPSA) is 58.5 Å². The van der Waals surface area contributed by atoms with Crippen molar-refractivity contribution in [2.45, 2.75) is 26.3 Å². The summed E-state index contributed by atoms with van der Waals surface area (Å²) in [5.74, 6) is 2.00. The predicted octanol–water partition coefficient (Wildman–Crippen LogP) is 1.29. The van der Waals surface area contributed by atoms with Gasteiger partial charge in [-0.25, -0.2) is 9.97 Å². The van der Waals surface area contributed by atoms with Gasteiger partial charge in [0, 0.05) is 37.6 Å². The second kappa shape index (κ2) is 4.00. The summed E-state index contributed by atoms with van der Waals surface area (Å²) >= 11 is 0. The fourth-order valence-electron chi connectivity index (χ4n) is 2.17. The average Bonchev–Trinajstić information content (AvgIpc) is 2.82. The van der Waals surface area contributed by atoms with Crippen molar-refractivity contribution in [2.75, 3.05) is 13.1 Å². The van der Waals surface area contributed by atoms with Crippen LogP contribution in [-0.2, 0) is 6.42 Å². The number of hydrogen-bond acceptors (Lipinski definition) is 3. The summed E-state index contributed by atoms with van der Waals surface area (Å²) in [6, 6.07) is 0.522. The van der Waals surface area contributed by atoms with Crippen LogP contribution in [0.15, 0.2) is 12.4 Å². The summed E-state index contributed by atoms with van der Waals surface area (Å²) in [4.78, 5) is 12.4. The summed E-state index contributed by atoms with van der Waals surface area (Å²) in [5.41, 5.74) is 2.08. The second-order valence-electron chi connectivity index (χ2n) is 4.48. The van der Waals surface area contributed by atoms with Gasteiger partial charge in [0.2, 0.25) is 0 Å². The zero-order chi connectivity index (χ0) is 11.8. The molecule has 3 heterocycles. The molecule has 0 amide bonds. The van der Waals surface area contributed by atoms with E-state index < -0.39 is 0 Å². The third-order valence-corrected chi connectivity index (χ3v) is 3.30. The summed E-state index contributed by atoms with van der Waals surface area (Å²) in [6.07, 6.45) is 4.82. The van der Waals surface area contributed by atoms with E-state index in [0.29, 0.717) is 6.04 Å². The molecule has 0 atom stereocenters. The Balaban J connectivity index is 2.02. The molecule has 0 unspecified atom stereocenters. The van der Waals surface area contributed by atoms with Crippen LogP contribution in [0.25, 0.3) is 11.5 Å². The molecule has 0 spiro atoms. The maximum absolute atomic E-state index is 4.61. The van der Waals surface area contributed by atoms with Gasteiger partial charge < -0.3 is 14.9 Å². The first-order valence-corrected chi connectivity index (χ1v) is 6.09. The minimum atomic E-state index is 0.522. The van der Waals surface area contributed by atoms with E-state index in [1.54, 1.807) is 0 Å². The van der Waals surface area contributed by atoms with Gasteiger partial charge in [0.05, 0.1) is 6.04 Å². The Labute approximate surface area is 100 Å². The van der Waals surface area contributed by atoms with Crippen molar-refractivity contribution >= 4 is 0 Å². The maximum Gasteiger partial charge on any atom is 0.160 e. The Morgan fingerprint density at radius 3 is 2.88 bits per heavy atom. The first-order chi connectivity index (χ1) is 8.29. The van der Waals surface area contributed by atoms with E-state index in [0.717, 1.165) is 42.5 Å². The van der Waals surface area contributed by atoms with Crippen LogP contribution in [0.2, 0.25) is 0 Å². The van der Waals surface area contributed by atoms with E-state index in [1.165, 1.54) is 0 Å². The molecular formula is C12H17N5. The van der Waals surface area contributed by atoms with Crippen LogP contribution < -0.4 is 5.32 Å². The Bertz CT molecular complexity index is 521. The van der Waals surface area contributed by atoms with Crippen molar-refractivity contribution < 1.29 is 0 Å². The fraction of sp³-hybridized carbons (Fsp3) is 0.500. The van der Waals surface area contributed by atoms with Crippen molar-refractivity contribution in [1.29, 1.82) is 0 Å². The van der Waals surface area contributed by atoms with Crippen molar-refractivity contribution in [3.05, 3.63) is 23.9 Å². The summed E-state index contributed by atoms with van der Waals surface area (Å²) < 4.78 is 2.22. The zero-order valence-electron chi connectivity index (χ0n) is 10.2. The highest BCUT2D eigenvalue weighted by Gasteiger charge is 2.23. The van der Waals surface area contributed by atoms with Crippen LogP contribution in [0.3, 0.4) is 0 Å². The lowest BCUT2D eigenvalue weighted by Crippen LogP contribution is -2.43. The highest BCUT2D eigenvalue weighted by Crippen LogP contribution is 2.24. The van der Waals surface area contributed by atoms with E-state index in [2.05, 4.69) is 38.7 Å². The molecule has 5 nitrogen and oxygen atoms in total. The maximum atomic E-state index is 4.61. The highest BCUT2D eigenvalue weighted by molar-refractivity contribution is 5.54. The van der Waals surface area contributed by atoms with Crippen LogP contribution in [0.5, 0.6) is 0 Å². The first-order valence-electron chi connectivity index (χ1n) is 6.09. The van der Waals surface area contributed by atoms with Gasteiger partial charge in [-0.1, -0.05) is 6.92 Å². The molecule has 0 aromatic carbocycles. The molecule has 2 aromatic heterocycles. The number of aryl methyl sites for hydroxylation is 2. The van der Waals surface area contributed by atoms with E-state index in [4.69, 9.17) is 0 Å². The van der Waals surface area contributed by atoms with Crippen LogP contribution in [0, 0.1) is 6.92 Å². The van der Waals surface area contributed by atoms with Crippen LogP contribution >= 0.6 is 0 Å². The number of hydrogen-bond donors (Lipinski definition) is 2. The molecule has 1 aliphatic heterocycles. The highest BCUT2D eigenvalue weighted by atomic mass is 15.2. The third-order valence-electron chi connectivity index (χ3n) is 3.30. The lowest BCUT2D eigenvalue weighted by Gasteiger charge is -2.29. The summed E-state index contributed by atoms with van der Waals surface area (Å²) in [5, 5.41) is 3.28. The standard InChI is InChI=1S/C12H17N5/c1-3-10-15-8(2)11(16-10)12-14-4-5-17(12)9-6-13-7-9/h4-5,9,13H,3,6-7H2,1-2H3,(H,15,16). The predicted molar refractivity (Wildman–Crippen MR) is 65.8 cm³/mol. The number of nitrogens with one attached hydrogen (secondary N) is 2. The SMILES string of the molecule is CCc1nc(-c2nccn2C2CNC2)c(C)[nH]1. The van der Waals surface area contributed by atoms with Gasteiger partial charge in [-0.05, 0) is 6.92 Å². The fourth-order valence-corrected chi connectivity index (χ4v) is 2.17. The average molecular weight is 231 g/mol. The Hall–Kier alpha value is -1.62. The number of aromatic nitrogens is 4. The number of nitrogens with zero attached hydrogens (tertiary/aromatic N) is 3. The van der Waals surface area contributed by atoms with Gasteiger partial charge in [-0.15, -0.1) is 0 Å². The quantitative estimate of drug-likeness (QED) is 0.836. The van der Waals surface area contributed by atoms with Crippen molar-refractivity contribution in [2.24, 2.45) is 0 Å². The van der Waals surface area contributed by atoms with E-state index in [1.807, 2.05) is 12.4 Å². The second-order valence-corrected chi connectivity index (χ2v) is 4.48. The molecular weight excluding hydrogens is 214 g/mol. The number of rotatable bonds is 3. The molecule has 17 heavy (non-hydrogen) atoms. The molecule has 0 saturated carbocycles. The summed E-state index contributed by atoms with van der Waals surface area (Å²) in [6.45, 7) is 6.20. The molecule has 0 aliphatic carbocycles. The van der Waals surface area contributed by atoms with Crippen molar-refractivity contribution in [3.8, 4) is 11.5 Å². The molecule has 3 rings (SSSR count). The molecule has 1 aliphatic rings. The van der Waals surface area contributed by atoms with Gasteiger partial charge in [0.15, 0.2) is 5.82 Å². The van der Waals surface area contributed by atoms with Gasteiger partial charge in [0.1, 0.15) is 11.5 Å². The van der Waals surface area contributed by atoms with E-state index in [-0.39, 0.29) is 0 Å². The van der Waals surface area contributed by atoms with Crippen molar-refractivity contribution in [3.63, 3.8) is 0 Å². The van der Waals surface area contributed by atoms with Crippen molar-refractivity contribution in [1.82, 2.24) is 24.8 Å². The van der Waals surface area contributed by atoms with E-state index in [9.17, 15) is 0 Å². The largest absolute Gasteiger partial charge is 0.345 e. The van der Waals surface area contributed by atoms with Gasteiger partial charge in [-0.3, -0.25) is 0 Å². The van der Waals surface area contributed by atoms with Crippen LogP contribution in [0.4, 0.5) is 0 Å². The Morgan fingerprint density at radius 2 is 2.29 bits per heavy atom. The lowest BCUT2D eigenvalue weighted by molar-refractivity contribution is 0.346. The third kappa shape index (κ3) is 1.67. The molecule has 5 heteroatoms. The molecule has 0 bridgehead atoms. The van der Waals surface area contributed by atoms with Gasteiger partial charge in [0.25, 0.3) is 0 Å². The van der Waals surface area contributed by atoms with Gasteiger partial charge in [-0.2, -0.15) is 0 Å². The lowest BCUT2D eigenvalue weighted by atomic mass is 10.1. The molecule has 1 saturated heterocycles. The first kappa shape index (κ1) is 10.5.